The molecule has 0 bridgehead atoms. The van der Waals surface area contributed by atoms with Crippen molar-refractivity contribution >= 4 is 28.1 Å². The van der Waals surface area contributed by atoms with Crippen LogP contribution in [-0.2, 0) is 6.42 Å². The molecular weight excluding hydrogens is 328 g/mol. The largest absolute Gasteiger partial charge is 0.361 e. The van der Waals surface area contributed by atoms with E-state index in [1.54, 1.807) is 0 Å². The molecule has 1 aliphatic rings. The van der Waals surface area contributed by atoms with Gasteiger partial charge in [0, 0.05) is 34.7 Å². The zero-order chi connectivity index (χ0) is 17.1. The third-order valence-corrected chi connectivity index (χ3v) is 5.49. The molecule has 0 amide bonds. The second-order valence-electron chi connectivity index (χ2n) is 6.76. The molecule has 25 heavy (non-hydrogen) atoms. The van der Waals surface area contributed by atoms with Gasteiger partial charge in [-0.1, -0.05) is 48.0 Å². The summed E-state index contributed by atoms with van der Waals surface area (Å²) in [6.45, 7) is 0.961. The molecule has 128 valence electrons. The topological polar surface area (TPSA) is 27.8 Å². The molecule has 0 spiro atoms. The van der Waals surface area contributed by atoms with Gasteiger partial charge in [-0.25, -0.2) is 0 Å². The molecule has 0 saturated heterocycles. The van der Waals surface area contributed by atoms with Gasteiger partial charge in [0.05, 0.1) is 0 Å². The van der Waals surface area contributed by atoms with Gasteiger partial charge in [-0.2, -0.15) is 0 Å². The second kappa shape index (κ2) is 7.47. The van der Waals surface area contributed by atoms with Gasteiger partial charge in [-0.3, -0.25) is 0 Å². The fourth-order valence-electron chi connectivity index (χ4n) is 3.81. The number of aromatic nitrogens is 1. The van der Waals surface area contributed by atoms with Crippen molar-refractivity contribution in [3.8, 4) is 0 Å². The summed E-state index contributed by atoms with van der Waals surface area (Å²) in [6.07, 6.45) is 8.75. The van der Waals surface area contributed by atoms with Crippen molar-refractivity contribution < 1.29 is 0 Å². The van der Waals surface area contributed by atoms with E-state index in [2.05, 4.69) is 58.8 Å². The highest BCUT2D eigenvalue weighted by Gasteiger charge is 2.16. The summed E-state index contributed by atoms with van der Waals surface area (Å²) in [4.78, 5) is 3.27. The van der Waals surface area contributed by atoms with Gasteiger partial charge < -0.3 is 10.3 Å². The van der Waals surface area contributed by atoms with Crippen LogP contribution in [0.2, 0.25) is 5.02 Å². The summed E-state index contributed by atoms with van der Waals surface area (Å²) in [7, 11) is 0. The van der Waals surface area contributed by atoms with E-state index in [9.17, 15) is 0 Å². The van der Waals surface area contributed by atoms with Crippen molar-refractivity contribution in [2.75, 3.05) is 6.54 Å². The molecule has 3 heteroatoms. The predicted molar refractivity (Wildman–Crippen MR) is 107 cm³/mol. The minimum Gasteiger partial charge on any atom is -0.361 e. The Kier molecular flexibility index (Phi) is 4.91. The predicted octanol–water partition coefficient (Wildman–Crippen LogP) is 5.59. The fourth-order valence-corrected chi connectivity index (χ4v) is 4.07. The van der Waals surface area contributed by atoms with Crippen molar-refractivity contribution in [2.45, 2.75) is 31.7 Å². The Morgan fingerprint density at radius 1 is 1.04 bits per heavy atom. The zero-order valence-corrected chi connectivity index (χ0v) is 15.0. The smallest absolute Gasteiger partial charge is 0.0457 e. The maximum absolute atomic E-state index is 6.45. The minimum absolute atomic E-state index is 0.546. The maximum Gasteiger partial charge on any atom is 0.0457 e. The Morgan fingerprint density at radius 3 is 2.80 bits per heavy atom. The molecule has 1 atom stereocenters. The Labute approximate surface area is 153 Å². The third-order valence-electron chi connectivity index (χ3n) is 5.13. The van der Waals surface area contributed by atoms with E-state index in [0.717, 1.165) is 30.8 Å². The Balaban J connectivity index is 1.38. The summed E-state index contributed by atoms with van der Waals surface area (Å²) >= 11 is 6.45. The van der Waals surface area contributed by atoms with Gasteiger partial charge in [-0.15, -0.1) is 0 Å². The van der Waals surface area contributed by atoms with Gasteiger partial charge in [0.25, 0.3) is 0 Å². The summed E-state index contributed by atoms with van der Waals surface area (Å²) in [5.41, 5.74) is 5.27. The monoisotopic (exact) mass is 350 g/mol. The highest BCUT2D eigenvalue weighted by atomic mass is 35.5. The van der Waals surface area contributed by atoms with Crippen LogP contribution < -0.4 is 5.32 Å². The SMILES string of the molecule is Clc1ccc2[nH]ccc2c1CCCC1CC(c2ccccc2)=CCN1. The number of fused-ring (bicyclic) bond motifs is 1. The van der Waals surface area contributed by atoms with Crippen molar-refractivity contribution in [2.24, 2.45) is 0 Å². The first kappa shape index (κ1) is 16.4. The summed E-state index contributed by atoms with van der Waals surface area (Å²) < 4.78 is 0. The molecule has 2 aromatic carbocycles. The average Bonchev–Trinajstić information content (AvgIpc) is 3.13. The first-order valence-corrected chi connectivity index (χ1v) is 9.41. The standard InChI is InChI=1S/C22H23ClN2/c23-21-9-10-22-20(12-14-25-22)19(21)8-4-7-18-15-17(11-13-24-18)16-5-2-1-3-6-16/h1-3,5-6,9-12,14,18,24-25H,4,7-8,13,15H2. The van der Waals surface area contributed by atoms with Crippen LogP contribution in [0.25, 0.3) is 16.5 Å². The number of rotatable bonds is 5. The molecule has 0 fully saturated rings. The molecule has 1 aromatic heterocycles. The summed E-state index contributed by atoms with van der Waals surface area (Å²) in [6, 6.07) is 17.5. The molecule has 2 N–H and O–H groups in total. The van der Waals surface area contributed by atoms with Gasteiger partial charge in [0.2, 0.25) is 0 Å². The van der Waals surface area contributed by atoms with Crippen molar-refractivity contribution in [3.05, 3.63) is 77.0 Å². The number of H-pyrrole nitrogens is 1. The lowest BCUT2D eigenvalue weighted by Gasteiger charge is -2.24. The molecule has 1 aliphatic heterocycles. The molecule has 1 unspecified atom stereocenters. The lowest BCUT2D eigenvalue weighted by molar-refractivity contribution is 0.486. The first-order chi connectivity index (χ1) is 12.3. The highest BCUT2D eigenvalue weighted by molar-refractivity contribution is 6.32. The lowest BCUT2D eigenvalue weighted by Crippen LogP contribution is -2.32. The van der Waals surface area contributed by atoms with Crippen LogP contribution in [0.1, 0.15) is 30.4 Å². The van der Waals surface area contributed by atoms with E-state index in [1.807, 2.05) is 12.3 Å². The first-order valence-electron chi connectivity index (χ1n) is 9.03. The highest BCUT2D eigenvalue weighted by Crippen LogP contribution is 2.28. The number of aromatic amines is 1. The third kappa shape index (κ3) is 3.65. The summed E-state index contributed by atoms with van der Waals surface area (Å²) in [5, 5.41) is 5.78. The maximum atomic E-state index is 6.45. The molecule has 4 rings (SSSR count). The number of aryl methyl sites for hydroxylation is 1. The van der Waals surface area contributed by atoms with Crippen molar-refractivity contribution in [3.63, 3.8) is 0 Å². The number of halogens is 1. The molecule has 0 radical (unpaired) electrons. The van der Waals surface area contributed by atoms with Crippen LogP contribution in [0.4, 0.5) is 0 Å². The Hall–Kier alpha value is -2.03. The van der Waals surface area contributed by atoms with Crippen LogP contribution >= 0.6 is 11.6 Å². The molecule has 0 saturated carbocycles. The van der Waals surface area contributed by atoms with Gasteiger partial charge >= 0.3 is 0 Å². The van der Waals surface area contributed by atoms with Crippen LogP contribution in [0.15, 0.2) is 60.8 Å². The fraction of sp³-hybridized carbons (Fsp3) is 0.273. The van der Waals surface area contributed by atoms with Crippen LogP contribution in [0, 0.1) is 0 Å². The number of hydrogen-bond acceptors (Lipinski definition) is 1. The van der Waals surface area contributed by atoms with E-state index in [1.165, 1.54) is 34.0 Å². The van der Waals surface area contributed by atoms with Gasteiger partial charge in [0.15, 0.2) is 0 Å². The van der Waals surface area contributed by atoms with E-state index in [4.69, 9.17) is 11.6 Å². The molecule has 2 nitrogen and oxygen atoms in total. The minimum atomic E-state index is 0.546. The van der Waals surface area contributed by atoms with Crippen LogP contribution in [0.3, 0.4) is 0 Å². The lowest BCUT2D eigenvalue weighted by atomic mass is 9.92. The zero-order valence-electron chi connectivity index (χ0n) is 14.3. The van der Waals surface area contributed by atoms with Gasteiger partial charge in [-0.05, 0) is 60.6 Å². The number of hydrogen-bond donors (Lipinski definition) is 2. The molecule has 0 aliphatic carbocycles. The second-order valence-corrected chi connectivity index (χ2v) is 7.17. The summed E-state index contributed by atoms with van der Waals surface area (Å²) in [5.74, 6) is 0. The van der Waals surface area contributed by atoms with Crippen LogP contribution in [0.5, 0.6) is 0 Å². The molecule has 3 aromatic rings. The van der Waals surface area contributed by atoms with E-state index < -0.39 is 0 Å². The Morgan fingerprint density at radius 2 is 1.92 bits per heavy atom. The normalized spacial score (nSPS) is 17.6. The van der Waals surface area contributed by atoms with E-state index >= 15 is 0 Å². The van der Waals surface area contributed by atoms with Crippen molar-refractivity contribution in [1.82, 2.24) is 10.3 Å². The average molecular weight is 351 g/mol. The Bertz CT molecular complexity index is 879. The van der Waals surface area contributed by atoms with Gasteiger partial charge in [0.1, 0.15) is 0 Å². The van der Waals surface area contributed by atoms with Crippen LogP contribution in [-0.4, -0.2) is 17.6 Å². The number of benzene rings is 2. The van der Waals surface area contributed by atoms with E-state index in [-0.39, 0.29) is 0 Å². The molecular formula is C22H23ClN2. The van der Waals surface area contributed by atoms with Crippen molar-refractivity contribution in [1.29, 1.82) is 0 Å². The molecule has 2 heterocycles. The van der Waals surface area contributed by atoms with E-state index in [0.29, 0.717) is 6.04 Å². The number of nitrogens with one attached hydrogen (secondary N) is 2. The quantitative estimate of drug-likeness (QED) is 0.616.